The predicted octanol–water partition coefficient (Wildman–Crippen LogP) is 4.87. The molecule has 1 aliphatic heterocycles. The van der Waals surface area contributed by atoms with Crippen molar-refractivity contribution < 1.29 is 14.4 Å². The Kier molecular flexibility index (Phi) is 7.60. The van der Waals surface area contributed by atoms with E-state index in [2.05, 4.69) is 36.0 Å². The molecule has 2 bridgehead atoms. The van der Waals surface area contributed by atoms with E-state index >= 15 is 0 Å². The zero-order valence-corrected chi connectivity index (χ0v) is 22.9. The third kappa shape index (κ3) is 6.25. The number of fused-ring (bicyclic) bond motifs is 2. The summed E-state index contributed by atoms with van der Waals surface area (Å²) in [6.07, 6.45) is 8.77. The molecule has 3 amide bonds. The Morgan fingerprint density at radius 2 is 1.89 bits per heavy atom. The molecule has 3 fully saturated rings. The van der Waals surface area contributed by atoms with Crippen molar-refractivity contribution in [3.63, 3.8) is 0 Å². The maximum absolute atomic E-state index is 13.1. The van der Waals surface area contributed by atoms with Crippen LogP contribution in [0.1, 0.15) is 91.7 Å². The summed E-state index contributed by atoms with van der Waals surface area (Å²) in [5.41, 5.74) is 1.17. The highest BCUT2D eigenvalue weighted by Crippen LogP contribution is 2.52. The maximum atomic E-state index is 13.1. The molecule has 2 heterocycles. The van der Waals surface area contributed by atoms with Crippen LogP contribution in [0.2, 0.25) is 0 Å². The zero-order chi connectivity index (χ0) is 25.4. The van der Waals surface area contributed by atoms with Gasteiger partial charge in [0.1, 0.15) is 6.54 Å². The number of carbonyl (C=O) groups excluding carboxylic acids is 3. The Morgan fingerprint density at radius 3 is 2.57 bits per heavy atom. The van der Waals surface area contributed by atoms with Crippen molar-refractivity contribution in [2.45, 2.75) is 104 Å². The van der Waals surface area contributed by atoms with Crippen molar-refractivity contribution in [3.8, 4) is 0 Å². The Balaban J connectivity index is 1.32. The summed E-state index contributed by atoms with van der Waals surface area (Å²) in [7, 11) is 0. The number of nitrogens with zero attached hydrogens (tertiary/aromatic N) is 3. The van der Waals surface area contributed by atoms with Crippen LogP contribution in [-0.2, 0) is 20.8 Å². The number of hydrogen-bond acceptors (Lipinski definition) is 5. The Bertz CT molecular complexity index is 952. The highest BCUT2D eigenvalue weighted by atomic mass is 32.1. The fourth-order valence-corrected chi connectivity index (χ4v) is 7.59. The number of aromatic nitrogens is 1. The fourth-order valence-electron chi connectivity index (χ4n) is 6.87. The summed E-state index contributed by atoms with van der Waals surface area (Å²) < 4.78 is 0. The number of thiazole rings is 1. The summed E-state index contributed by atoms with van der Waals surface area (Å²) >= 11 is 1.34. The minimum absolute atomic E-state index is 0.0324. The molecule has 1 aromatic heterocycles. The number of carbonyl (C=O) groups is 3. The molecule has 1 aromatic rings. The smallest absolute Gasteiger partial charge is 0.245 e. The first-order valence-corrected chi connectivity index (χ1v) is 14.2. The summed E-state index contributed by atoms with van der Waals surface area (Å²) in [5.74, 6) is 0.0181. The third-order valence-corrected chi connectivity index (χ3v) is 8.85. The molecule has 2 saturated carbocycles. The van der Waals surface area contributed by atoms with Gasteiger partial charge in [-0.2, -0.15) is 0 Å². The lowest BCUT2D eigenvalue weighted by molar-refractivity contribution is -0.141. The van der Waals surface area contributed by atoms with Gasteiger partial charge in [-0.05, 0) is 56.8 Å². The number of nitrogens with one attached hydrogen (secondary N) is 1. The average molecular weight is 503 g/mol. The molecule has 2 aliphatic carbocycles. The molecule has 35 heavy (non-hydrogen) atoms. The van der Waals surface area contributed by atoms with Crippen molar-refractivity contribution in [1.29, 1.82) is 0 Å². The van der Waals surface area contributed by atoms with Crippen LogP contribution in [0, 0.1) is 16.7 Å². The minimum Gasteiger partial charge on any atom is -0.339 e. The first-order valence-electron chi connectivity index (χ1n) is 13.3. The molecule has 2 atom stereocenters. The van der Waals surface area contributed by atoms with Crippen molar-refractivity contribution in [1.82, 2.24) is 14.8 Å². The van der Waals surface area contributed by atoms with E-state index in [1.807, 2.05) is 19.2 Å². The number of likely N-dealkylation sites (tertiary alicyclic amines) is 1. The standard InChI is InChI=1S/C27H42N4O3S/c1-18(2)30(24(34)19-9-7-6-8-10-19)14-22(32)29-25-28-20(15-35-25)11-23(33)31-17-27(5)13-21(31)12-26(3,4)16-27/h15,18-19,21H,6-14,16-17H2,1-5H3,(H,28,29,32). The second-order valence-electron chi connectivity index (χ2n) is 12.5. The van der Waals surface area contributed by atoms with E-state index in [1.54, 1.807) is 4.90 Å². The summed E-state index contributed by atoms with van der Waals surface area (Å²) in [6.45, 7) is 11.7. The predicted molar refractivity (Wildman–Crippen MR) is 139 cm³/mol. The number of rotatable bonds is 7. The van der Waals surface area contributed by atoms with Crippen LogP contribution in [0.4, 0.5) is 5.13 Å². The van der Waals surface area contributed by atoms with Crippen LogP contribution >= 0.6 is 11.3 Å². The lowest BCUT2D eigenvalue weighted by Crippen LogP contribution is -2.45. The van der Waals surface area contributed by atoms with Gasteiger partial charge in [-0.3, -0.25) is 14.4 Å². The van der Waals surface area contributed by atoms with Gasteiger partial charge in [-0.15, -0.1) is 11.3 Å². The monoisotopic (exact) mass is 502 g/mol. The molecule has 1 saturated heterocycles. The fraction of sp³-hybridized carbons (Fsp3) is 0.778. The molecule has 0 spiro atoms. The molecule has 3 aliphatic rings. The SMILES string of the molecule is CC(C)N(CC(=O)Nc1nc(CC(=O)N2CC3(C)CC2CC(C)(C)C3)cs1)C(=O)C1CCCCC1. The second-order valence-corrected chi connectivity index (χ2v) is 13.4. The van der Waals surface area contributed by atoms with Crippen LogP contribution in [0.5, 0.6) is 0 Å². The first kappa shape index (κ1) is 26.1. The maximum Gasteiger partial charge on any atom is 0.245 e. The molecule has 8 heteroatoms. The van der Waals surface area contributed by atoms with Crippen molar-refractivity contribution in [2.75, 3.05) is 18.4 Å². The molecule has 0 radical (unpaired) electrons. The van der Waals surface area contributed by atoms with Crippen LogP contribution in [0.15, 0.2) is 5.38 Å². The lowest BCUT2D eigenvalue weighted by atomic mass is 9.65. The van der Waals surface area contributed by atoms with Gasteiger partial charge in [0.25, 0.3) is 0 Å². The number of anilines is 1. The molecular formula is C27H42N4O3S. The van der Waals surface area contributed by atoms with Gasteiger partial charge in [-0.1, -0.05) is 40.0 Å². The van der Waals surface area contributed by atoms with Gasteiger partial charge in [0.2, 0.25) is 17.7 Å². The zero-order valence-electron chi connectivity index (χ0n) is 22.1. The highest BCUT2D eigenvalue weighted by Gasteiger charge is 2.50. The van der Waals surface area contributed by atoms with Crippen molar-refractivity contribution in [2.24, 2.45) is 16.7 Å². The van der Waals surface area contributed by atoms with E-state index < -0.39 is 0 Å². The van der Waals surface area contributed by atoms with E-state index in [4.69, 9.17) is 0 Å². The van der Waals surface area contributed by atoms with Gasteiger partial charge in [0, 0.05) is 29.9 Å². The van der Waals surface area contributed by atoms with E-state index in [9.17, 15) is 14.4 Å². The average Bonchev–Trinajstić information content (AvgIpc) is 3.31. The minimum atomic E-state index is -0.237. The Hall–Kier alpha value is -1.96. The molecule has 1 N–H and O–H groups in total. The van der Waals surface area contributed by atoms with E-state index in [1.165, 1.54) is 17.8 Å². The largest absolute Gasteiger partial charge is 0.339 e. The van der Waals surface area contributed by atoms with E-state index in [0.717, 1.165) is 51.5 Å². The molecule has 7 nitrogen and oxygen atoms in total. The number of amides is 3. The molecular weight excluding hydrogens is 460 g/mol. The molecule has 194 valence electrons. The lowest BCUT2D eigenvalue weighted by Gasteiger charge is -2.39. The molecule has 4 rings (SSSR count). The van der Waals surface area contributed by atoms with Gasteiger partial charge in [-0.25, -0.2) is 4.98 Å². The summed E-state index contributed by atoms with van der Waals surface area (Å²) in [5, 5.41) is 5.19. The Labute approximate surface area is 214 Å². The quantitative estimate of drug-likeness (QED) is 0.577. The molecule has 0 aromatic carbocycles. The van der Waals surface area contributed by atoms with Gasteiger partial charge >= 0.3 is 0 Å². The van der Waals surface area contributed by atoms with Crippen molar-refractivity contribution >= 4 is 34.2 Å². The third-order valence-electron chi connectivity index (χ3n) is 8.04. The van der Waals surface area contributed by atoms with Crippen molar-refractivity contribution in [3.05, 3.63) is 11.1 Å². The van der Waals surface area contributed by atoms with Crippen LogP contribution in [-0.4, -0.2) is 57.7 Å². The van der Waals surface area contributed by atoms with Crippen LogP contribution in [0.3, 0.4) is 0 Å². The summed E-state index contributed by atoms with van der Waals surface area (Å²) in [4.78, 5) is 47.2. The molecule has 2 unspecified atom stereocenters. The highest BCUT2D eigenvalue weighted by molar-refractivity contribution is 7.13. The number of hydrogen-bond donors (Lipinski definition) is 1. The Morgan fingerprint density at radius 1 is 1.17 bits per heavy atom. The first-order chi connectivity index (χ1) is 16.4. The normalized spacial score (nSPS) is 26.1. The van der Waals surface area contributed by atoms with E-state index in [-0.39, 0.29) is 53.5 Å². The van der Waals surface area contributed by atoms with Crippen LogP contribution < -0.4 is 5.32 Å². The van der Waals surface area contributed by atoms with E-state index in [0.29, 0.717) is 16.9 Å². The second kappa shape index (κ2) is 10.2. The topological polar surface area (TPSA) is 82.6 Å². The van der Waals surface area contributed by atoms with Gasteiger partial charge < -0.3 is 15.1 Å². The van der Waals surface area contributed by atoms with Gasteiger partial charge in [0.05, 0.1) is 12.1 Å². The van der Waals surface area contributed by atoms with Crippen LogP contribution in [0.25, 0.3) is 0 Å². The van der Waals surface area contributed by atoms with Gasteiger partial charge in [0.15, 0.2) is 5.13 Å². The summed E-state index contributed by atoms with van der Waals surface area (Å²) in [6, 6.07) is 0.282.